The Labute approximate surface area is 108 Å². The Morgan fingerprint density at radius 1 is 0.833 bits per heavy atom. The van der Waals surface area contributed by atoms with Crippen LogP contribution in [0.15, 0.2) is 36.4 Å². The van der Waals surface area contributed by atoms with Crippen molar-refractivity contribution in [1.29, 1.82) is 0 Å². The number of benzene rings is 2. The molecule has 2 rings (SSSR count). The van der Waals surface area contributed by atoms with Gasteiger partial charge in [0.25, 0.3) is 0 Å². The normalized spacial score (nSPS) is 10.4. The Bertz CT molecular complexity index is 609. The lowest BCUT2D eigenvalue weighted by Crippen LogP contribution is -2.05. The molecule has 0 atom stereocenters. The van der Waals surface area contributed by atoms with E-state index in [9.17, 15) is 4.79 Å². The highest BCUT2D eigenvalue weighted by molar-refractivity contribution is 6.10. The van der Waals surface area contributed by atoms with Crippen molar-refractivity contribution in [2.24, 2.45) is 0 Å². The van der Waals surface area contributed by atoms with Gasteiger partial charge in [0.15, 0.2) is 5.78 Å². The standard InChI is InChI=1S/C17H18O/c1-11-6-5-7-15(8-11)17(18)16-10-13(3)12(2)9-14(16)4/h5-10H,1-4H3. The third-order valence-corrected chi connectivity index (χ3v) is 3.37. The molecule has 0 aromatic heterocycles. The summed E-state index contributed by atoms with van der Waals surface area (Å²) in [6.07, 6.45) is 0. The highest BCUT2D eigenvalue weighted by Crippen LogP contribution is 2.19. The average molecular weight is 238 g/mol. The van der Waals surface area contributed by atoms with Gasteiger partial charge in [-0.05, 0) is 56.5 Å². The quantitative estimate of drug-likeness (QED) is 0.718. The van der Waals surface area contributed by atoms with Gasteiger partial charge >= 0.3 is 0 Å². The lowest BCUT2D eigenvalue weighted by atomic mass is 9.94. The zero-order valence-electron chi connectivity index (χ0n) is 11.4. The molecule has 0 fully saturated rings. The summed E-state index contributed by atoms with van der Waals surface area (Å²) in [6.45, 7) is 8.12. The minimum atomic E-state index is 0.110. The Morgan fingerprint density at radius 2 is 1.50 bits per heavy atom. The van der Waals surface area contributed by atoms with Crippen molar-refractivity contribution < 1.29 is 4.79 Å². The van der Waals surface area contributed by atoms with E-state index in [-0.39, 0.29) is 5.78 Å². The van der Waals surface area contributed by atoms with Crippen molar-refractivity contribution in [3.05, 3.63) is 69.8 Å². The minimum Gasteiger partial charge on any atom is -0.289 e. The van der Waals surface area contributed by atoms with Crippen LogP contribution in [-0.2, 0) is 0 Å². The molecule has 0 amide bonds. The van der Waals surface area contributed by atoms with Crippen LogP contribution in [0, 0.1) is 27.7 Å². The van der Waals surface area contributed by atoms with E-state index in [1.54, 1.807) is 0 Å². The van der Waals surface area contributed by atoms with E-state index in [1.165, 1.54) is 5.56 Å². The van der Waals surface area contributed by atoms with Crippen LogP contribution >= 0.6 is 0 Å². The molecule has 2 aromatic rings. The van der Waals surface area contributed by atoms with Crippen LogP contribution in [0.25, 0.3) is 0 Å². The molecule has 2 aromatic carbocycles. The SMILES string of the molecule is Cc1cccc(C(=O)c2cc(C)c(C)cc2C)c1. The van der Waals surface area contributed by atoms with Gasteiger partial charge in [-0.2, -0.15) is 0 Å². The fraction of sp³-hybridized carbons (Fsp3) is 0.235. The van der Waals surface area contributed by atoms with Crippen LogP contribution in [0.4, 0.5) is 0 Å². The summed E-state index contributed by atoms with van der Waals surface area (Å²) in [5.74, 6) is 0.110. The molecule has 0 saturated heterocycles. The number of hydrogen-bond donors (Lipinski definition) is 0. The van der Waals surface area contributed by atoms with E-state index < -0.39 is 0 Å². The van der Waals surface area contributed by atoms with Crippen LogP contribution in [-0.4, -0.2) is 5.78 Å². The fourth-order valence-electron chi connectivity index (χ4n) is 2.15. The number of hydrogen-bond acceptors (Lipinski definition) is 1. The Kier molecular flexibility index (Phi) is 3.33. The third-order valence-electron chi connectivity index (χ3n) is 3.37. The number of ketones is 1. The van der Waals surface area contributed by atoms with Crippen molar-refractivity contribution >= 4 is 5.78 Å². The predicted molar refractivity (Wildman–Crippen MR) is 75.3 cm³/mol. The van der Waals surface area contributed by atoms with Crippen LogP contribution in [0.5, 0.6) is 0 Å². The van der Waals surface area contributed by atoms with Gasteiger partial charge in [-0.15, -0.1) is 0 Å². The zero-order valence-corrected chi connectivity index (χ0v) is 11.4. The number of rotatable bonds is 2. The van der Waals surface area contributed by atoms with Gasteiger partial charge in [-0.25, -0.2) is 0 Å². The molecule has 0 saturated carbocycles. The maximum absolute atomic E-state index is 12.5. The Morgan fingerprint density at radius 3 is 2.17 bits per heavy atom. The maximum Gasteiger partial charge on any atom is 0.193 e. The molecule has 0 radical (unpaired) electrons. The molecule has 0 aliphatic carbocycles. The van der Waals surface area contributed by atoms with Crippen molar-refractivity contribution in [2.45, 2.75) is 27.7 Å². The van der Waals surface area contributed by atoms with Gasteiger partial charge in [0.05, 0.1) is 0 Å². The summed E-state index contributed by atoms with van der Waals surface area (Å²) in [6, 6.07) is 11.8. The molecule has 0 aliphatic heterocycles. The smallest absolute Gasteiger partial charge is 0.193 e. The largest absolute Gasteiger partial charge is 0.289 e. The van der Waals surface area contributed by atoms with Gasteiger partial charge in [0, 0.05) is 11.1 Å². The third kappa shape index (κ3) is 2.35. The lowest BCUT2D eigenvalue weighted by molar-refractivity contribution is 0.103. The molecule has 0 bridgehead atoms. The Balaban J connectivity index is 2.49. The molecular formula is C17H18O. The van der Waals surface area contributed by atoms with Gasteiger partial charge < -0.3 is 0 Å². The monoisotopic (exact) mass is 238 g/mol. The maximum atomic E-state index is 12.5. The first-order valence-electron chi connectivity index (χ1n) is 6.18. The van der Waals surface area contributed by atoms with E-state index in [0.717, 1.165) is 27.8 Å². The highest BCUT2D eigenvalue weighted by Gasteiger charge is 2.12. The van der Waals surface area contributed by atoms with E-state index in [1.807, 2.05) is 51.1 Å². The van der Waals surface area contributed by atoms with Gasteiger partial charge in [0.2, 0.25) is 0 Å². The molecule has 1 heteroatoms. The summed E-state index contributed by atoms with van der Waals surface area (Å²) in [5, 5.41) is 0. The second kappa shape index (κ2) is 4.77. The van der Waals surface area contributed by atoms with Crippen molar-refractivity contribution in [3.8, 4) is 0 Å². The highest BCUT2D eigenvalue weighted by atomic mass is 16.1. The van der Waals surface area contributed by atoms with Crippen molar-refractivity contribution in [1.82, 2.24) is 0 Å². The molecule has 92 valence electrons. The van der Waals surface area contributed by atoms with E-state index in [2.05, 4.69) is 13.0 Å². The first-order valence-corrected chi connectivity index (χ1v) is 6.18. The fourth-order valence-corrected chi connectivity index (χ4v) is 2.15. The van der Waals surface area contributed by atoms with Crippen molar-refractivity contribution in [3.63, 3.8) is 0 Å². The summed E-state index contributed by atoms with van der Waals surface area (Å²) in [7, 11) is 0. The second-order valence-corrected chi connectivity index (χ2v) is 4.95. The van der Waals surface area contributed by atoms with Gasteiger partial charge in [-0.3, -0.25) is 4.79 Å². The molecular weight excluding hydrogens is 220 g/mol. The molecule has 0 spiro atoms. The zero-order chi connectivity index (χ0) is 13.3. The Hall–Kier alpha value is -1.89. The molecule has 0 N–H and O–H groups in total. The number of carbonyl (C=O) groups is 1. The van der Waals surface area contributed by atoms with Crippen LogP contribution in [0.1, 0.15) is 38.2 Å². The second-order valence-electron chi connectivity index (χ2n) is 4.95. The number of aryl methyl sites for hydroxylation is 4. The molecule has 0 heterocycles. The van der Waals surface area contributed by atoms with E-state index in [4.69, 9.17) is 0 Å². The average Bonchev–Trinajstić information content (AvgIpc) is 2.33. The lowest BCUT2D eigenvalue weighted by Gasteiger charge is -2.09. The van der Waals surface area contributed by atoms with Crippen LogP contribution < -0.4 is 0 Å². The molecule has 18 heavy (non-hydrogen) atoms. The molecule has 1 nitrogen and oxygen atoms in total. The first kappa shape index (κ1) is 12.6. The summed E-state index contributed by atoms with van der Waals surface area (Å²) >= 11 is 0. The summed E-state index contributed by atoms with van der Waals surface area (Å²) in [5.41, 5.74) is 6.13. The van der Waals surface area contributed by atoms with E-state index in [0.29, 0.717) is 0 Å². The topological polar surface area (TPSA) is 17.1 Å². The van der Waals surface area contributed by atoms with Crippen LogP contribution in [0.2, 0.25) is 0 Å². The minimum absolute atomic E-state index is 0.110. The van der Waals surface area contributed by atoms with E-state index >= 15 is 0 Å². The predicted octanol–water partition coefficient (Wildman–Crippen LogP) is 4.15. The summed E-state index contributed by atoms with van der Waals surface area (Å²) < 4.78 is 0. The first-order chi connectivity index (χ1) is 8.49. The number of carbonyl (C=O) groups excluding carboxylic acids is 1. The van der Waals surface area contributed by atoms with Gasteiger partial charge in [-0.1, -0.05) is 29.8 Å². The van der Waals surface area contributed by atoms with Gasteiger partial charge in [0.1, 0.15) is 0 Å². The molecule has 0 aliphatic rings. The van der Waals surface area contributed by atoms with Crippen molar-refractivity contribution in [2.75, 3.05) is 0 Å². The molecule has 0 unspecified atom stereocenters. The van der Waals surface area contributed by atoms with Crippen LogP contribution in [0.3, 0.4) is 0 Å². The summed E-state index contributed by atoms with van der Waals surface area (Å²) in [4.78, 5) is 12.5.